The third-order valence-corrected chi connectivity index (χ3v) is 7.41. The molecule has 4 rings (SSSR count). The van der Waals surface area contributed by atoms with Crippen LogP contribution in [-0.4, -0.2) is 66.6 Å². The van der Waals surface area contributed by atoms with E-state index in [-0.39, 0.29) is 6.04 Å². The summed E-state index contributed by atoms with van der Waals surface area (Å²) < 4.78 is 0. The number of anilines is 2. The zero-order chi connectivity index (χ0) is 22.8. The van der Waals surface area contributed by atoms with Crippen LogP contribution in [0.1, 0.15) is 24.9 Å². The molecule has 3 unspecified atom stereocenters. The van der Waals surface area contributed by atoms with Crippen LogP contribution < -0.4 is 16.0 Å². The van der Waals surface area contributed by atoms with Crippen LogP contribution >= 0.6 is 34.8 Å². The van der Waals surface area contributed by atoms with Crippen LogP contribution in [-0.2, 0) is 0 Å². The first-order valence-electron chi connectivity index (χ1n) is 11.0. The summed E-state index contributed by atoms with van der Waals surface area (Å²) in [6, 6.07) is 12.1. The second-order valence-electron chi connectivity index (χ2n) is 8.57. The average Bonchev–Trinajstić information content (AvgIpc) is 3.26. The molecule has 32 heavy (non-hydrogen) atoms. The second kappa shape index (κ2) is 10.3. The number of aliphatic hydroxyl groups excluding tert-OH is 1. The predicted molar refractivity (Wildman–Crippen MR) is 134 cm³/mol. The Balaban J connectivity index is 1.39. The Labute approximate surface area is 204 Å². The maximum absolute atomic E-state index is 9.62. The summed E-state index contributed by atoms with van der Waals surface area (Å²) >= 11 is 18.9. The van der Waals surface area contributed by atoms with E-state index in [2.05, 4.69) is 34.2 Å². The van der Waals surface area contributed by atoms with Crippen molar-refractivity contribution in [1.29, 1.82) is 0 Å². The fraction of sp³-hybridized carbons (Fsp3) is 0.478. The Morgan fingerprint density at radius 2 is 1.75 bits per heavy atom. The predicted octanol–water partition coefficient (Wildman–Crippen LogP) is 4.25. The number of hydrogen-bond acceptors (Lipinski definition) is 6. The number of benzene rings is 2. The van der Waals surface area contributed by atoms with Crippen molar-refractivity contribution in [1.82, 2.24) is 9.80 Å². The lowest BCUT2D eigenvalue weighted by molar-refractivity contribution is 0.0203. The van der Waals surface area contributed by atoms with Gasteiger partial charge in [-0.25, -0.2) is 0 Å². The fourth-order valence-corrected chi connectivity index (χ4v) is 5.38. The summed E-state index contributed by atoms with van der Waals surface area (Å²) in [6.07, 6.45) is 0.195. The quantitative estimate of drug-likeness (QED) is 0.517. The zero-order valence-electron chi connectivity index (χ0n) is 18.1. The molecular weight excluding hydrogens is 469 g/mol. The van der Waals surface area contributed by atoms with Crippen molar-refractivity contribution in [3.63, 3.8) is 0 Å². The minimum Gasteiger partial charge on any atom is -0.377 e. The van der Waals surface area contributed by atoms with Gasteiger partial charge < -0.3 is 15.3 Å². The molecule has 2 heterocycles. The highest BCUT2D eigenvalue weighted by Gasteiger charge is 2.31. The van der Waals surface area contributed by atoms with Crippen LogP contribution in [0.2, 0.25) is 15.1 Å². The summed E-state index contributed by atoms with van der Waals surface area (Å²) in [5, 5.41) is 15.0. The van der Waals surface area contributed by atoms with Crippen LogP contribution in [0.25, 0.3) is 0 Å². The average molecular weight is 499 g/mol. The highest BCUT2D eigenvalue weighted by atomic mass is 35.5. The first-order valence-corrected chi connectivity index (χ1v) is 12.1. The van der Waals surface area contributed by atoms with Gasteiger partial charge in [0.05, 0.1) is 16.8 Å². The summed E-state index contributed by atoms with van der Waals surface area (Å²) in [6.45, 7) is 7.60. The number of hydrogen-bond donors (Lipinski definition) is 3. The van der Waals surface area contributed by atoms with Gasteiger partial charge in [-0.3, -0.25) is 15.5 Å². The van der Waals surface area contributed by atoms with Gasteiger partial charge in [0, 0.05) is 61.0 Å². The third-order valence-electron chi connectivity index (χ3n) is 6.52. The van der Waals surface area contributed by atoms with Crippen molar-refractivity contribution < 1.29 is 5.11 Å². The van der Waals surface area contributed by atoms with E-state index in [9.17, 15) is 5.11 Å². The lowest BCUT2D eigenvalue weighted by Crippen LogP contribution is -2.51. The first kappa shape index (κ1) is 23.9. The number of nitrogens with one attached hydrogen (secondary N) is 1. The van der Waals surface area contributed by atoms with E-state index in [1.165, 1.54) is 0 Å². The normalized spacial score (nSPS) is 22.2. The Kier molecular flexibility index (Phi) is 7.73. The molecule has 0 saturated carbocycles. The molecule has 3 atom stereocenters. The Morgan fingerprint density at radius 3 is 2.41 bits per heavy atom. The number of likely N-dealkylation sites (tertiary alicyclic amines) is 1. The molecule has 6 nitrogen and oxygen atoms in total. The topological polar surface area (TPSA) is 68.0 Å². The molecule has 0 aliphatic carbocycles. The molecule has 174 valence electrons. The van der Waals surface area contributed by atoms with E-state index in [4.69, 9.17) is 40.5 Å². The van der Waals surface area contributed by atoms with Crippen LogP contribution in [0, 0.1) is 0 Å². The molecule has 0 aromatic heterocycles. The number of halogens is 3. The standard InChI is InChI=1S/C23H30Cl3N5O/c1-15(19-4-2-16(24)12-21(19)26)28-22-13-17(3-5-20(22)25)29-8-10-30(11-9-29)18-6-7-31(14-18)23(27)32/h2-5,12-13,15,18,23,28,32H,6-11,14,27H2,1H3. The molecule has 2 aromatic rings. The number of nitrogens with zero attached hydrogens (tertiary/aromatic N) is 3. The maximum atomic E-state index is 9.62. The molecule has 4 N–H and O–H groups in total. The van der Waals surface area contributed by atoms with Crippen LogP contribution in [0.4, 0.5) is 11.4 Å². The molecule has 0 radical (unpaired) electrons. The fourth-order valence-electron chi connectivity index (χ4n) is 4.64. The Morgan fingerprint density at radius 1 is 1.00 bits per heavy atom. The van der Waals surface area contributed by atoms with Gasteiger partial charge in [0.15, 0.2) is 6.35 Å². The van der Waals surface area contributed by atoms with Gasteiger partial charge in [-0.1, -0.05) is 40.9 Å². The summed E-state index contributed by atoms with van der Waals surface area (Å²) in [7, 11) is 0. The minimum atomic E-state index is -0.855. The molecule has 0 spiro atoms. The van der Waals surface area contributed by atoms with Gasteiger partial charge in [0.2, 0.25) is 0 Å². The Hall–Kier alpha value is -1.25. The van der Waals surface area contributed by atoms with E-state index in [1.807, 2.05) is 23.1 Å². The number of rotatable bonds is 6. The van der Waals surface area contributed by atoms with E-state index in [0.717, 1.165) is 62.6 Å². The van der Waals surface area contributed by atoms with E-state index >= 15 is 0 Å². The molecule has 0 amide bonds. The van der Waals surface area contributed by atoms with Crippen molar-refractivity contribution in [3.05, 3.63) is 57.0 Å². The van der Waals surface area contributed by atoms with Gasteiger partial charge in [-0.15, -0.1) is 0 Å². The highest BCUT2D eigenvalue weighted by Crippen LogP contribution is 2.33. The third kappa shape index (κ3) is 5.45. The number of piperazine rings is 1. The molecule has 2 aliphatic heterocycles. The second-order valence-corrected chi connectivity index (χ2v) is 9.82. The largest absolute Gasteiger partial charge is 0.377 e. The van der Waals surface area contributed by atoms with Crippen molar-refractivity contribution in [2.45, 2.75) is 31.8 Å². The van der Waals surface area contributed by atoms with Crippen LogP contribution in [0.5, 0.6) is 0 Å². The Bertz CT molecular complexity index is 936. The maximum Gasteiger partial charge on any atom is 0.160 e. The van der Waals surface area contributed by atoms with Crippen LogP contribution in [0.15, 0.2) is 36.4 Å². The summed E-state index contributed by atoms with van der Waals surface area (Å²) in [5.74, 6) is 0. The van der Waals surface area contributed by atoms with E-state index in [1.54, 1.807) is 6.07 Å². The molecule has 2 fully saturated rings. The SMILES string of the molecule is CC(Nc1cc(N2CCN(C3CCN(C(N)O)C3)CC2)ccc1Cl)c1ccc(Cl)cc1Cl. The smallest absolute Gasteiger partial charge is 0.160 e. The minimum absolute atomic E-state index is 0.0208. The summed E-state index contributed by atoms with van der Waals surface area (Å²) in [5.41, 5.74) is 8.63. The number of aliphatic hydroxyl groups is 1. The van der Waals surface area contributed by atoms with E-state index in [0.29, 0.717) is 21.1 Å². The van der Waals surface area contributed by atoms with Gasteiger partial charge in [-0.2, -0.15) is 0 Å². The lowest BCUT2D eigenvalue weighted by Gasteiger charge is -2.39. The molecule has 0 bridgehead atoms. The molecule has 2 aliphatic rings. The van der Waals surface area contributed by atoms with Crippen molar-refractivity contribution in [3.8, 4) is 0 Å². The lowest BCUT2D eigenvalue weighted by atomic mass is 10.1. The molecular formula is C23H30Cl3N5O. The number of nitrogens with two attached hydrogens (primary N) is 1. The van der Waals surface area contributed by atoms with Crippen molar-refractivity contribution >= 4 is 46.2 Å². The van der Waals surface area contributed by atoms with Gasteiger partial charge in [0.25, 0.3) is 0 Å². The molecule has 2 saturated heterocycles. The van der Waals surface area contributed by atoms with Gasteiger partial charge in [-0.05, 0) is 49.2 Å². The molecule has 9 heteroatoms. The monoisotopic (exact) mass is 497 g/mol. The first-order chi connectivity index (χ1) is 15.3. The molecule has 2 aromatic carbocycles. The van der Waals surface area contributed by atoms with Crippen LogP contribution in [0.3, 0.4) is 0 Å². The van der Waals surface area contributed by atoms with Gasteiger partial charge >= 0.3 is 0 Å². The van der Waals surface area contributed by atoms with Crippen molar-refractivity contribution in [2.75, 3.05) is 49.5 Å². The summed E-state index contributed by atoms with van der Waals surface area (Å²) in [4.78, 5) is 6.84. The zero-order valence-corrected chi connectivity index (χ0v) is 20.4. The van der Waals surface area contributed by atoms with Gasteiger partial charge in [0.1, 0.15) is 0 Å². The van der Waals surface area contributed by atoms with Crippen molar-refractivity contribution in [2.24, 2.45) is 5.73 Å². The van der Waals surface area contributed by atoms with E-state index < -0.39 is 6.35 Å². The highest BCUT2D eigenvalue weighted by molar-refractivity contribution is 6.35.